The van der Waals surface area contributed by atoms with Gasteiger partial charge in [-0.15, -0.1) is 0 Å². The van der Waals surface area contributed by atoms with Crippen molar-refractivity contribution in [3.8, 4) is 0 Å². The predicted octanol–water partition coefficient (Wildman–Crippen LogP) is 3.59. The van der Waals surface area contributed by atoms with E-state index in [1.165, 1.54) is 4.31 Å². The van der Waals surface area contributed by atoms with Crippen LogP contribution in [0.2, 0.25) is 0 Å². The third kappa shape index (κ3) is 4.80. The lowest BCUT2D eigenvalue weighted by Crippen LogP contribution is -2.44. The van der Waals surface area contributed by atoms with E-state index in [-0.39, 0.29) is 17.6 Å². The van der Waals surface area contributed by atoms with Gasteiger partial charge in [0.15, 0.2) is 0 Å². The highest BCUT2D eigenvalue weighted by Gasteiger charge is 2.32. The Hall–Kier alpha value is -2.18. The van der Waals surface area contributed by atoms with Gasteiger partial charge in [0.25, 0.3) is 0 Å². The van der Waals surface area contributed by atoms with Crippen molar-refractivity contribution in [3.63, 3.8) is 0 Å². The molecule has 1 aliphatic heterocycles. The van der Waals surface area contributed by atoms with Crippen LogP contribution in [0.5, 0.6) is 0 Å². The molecule has 5 nitrogen and oxygen atoms in total. The fourth-order valence-electron chi connectivity index (χ4n) is 3.57. The van der Waals surface area contributed by atoms with E-state index < -0.39 is 10.0 Å². The molecule has 1 aliphatic rings. The molecule has 6 heteroatoms. The number of rotatable bonds is 6. The molecule has 1 saturated heterocycles. The molecule has 1 fully saturated rings. The van der Waals surface area contributed by atoms with Crippen molar-refractivity contribution in [3.05, 3.63) is 65.7 Å². The second-order valence-corrected chi connectivity index (χ2v) is 9.58. The van der Waals surface area contributed by atoms with Gasteiger partial charge in [-0.3, -0.25) is 4.79 Å². The Balaban J connectivity index is 1.78. The van der Waals surface area contributed by atoms with Crippen molar-refractivity contribution < 1.29 is 13.2 Å². The first kappa shape index (κ1) is 20.6. The molecule has 1 heterocycles. The lowest BCUT2D eigenvalue weighted by molar-refractivity contribution is -0.123. The van der Waals surface area contributed by atoms with E-state index in [0.717, 1.165) is 16.8 Å². The monoisotopic (exact) mass is 400 g/mol. The van der Waals surface area contributed by atoms with E-state index in [1.54, 1.807) is 6.92 Å². The first-order valence-corrected chi connectivity index (χ1v) is 11.4. The SMILES string of the molecule is CCS(=O)(=O)N1CCC(C(=O)N(Cc2ccccc2)c2ccc(C)cc2)CC1. The normalized spacial score (nSPS) is 16.1. The summed E-state index contributed by atoms with van der Waals surface area (Å²) in [5, 5.41) is 0. The number of amides is 1. The Morgan fingerprint density at radius 3 is 2.21 bits per heavy atom. The minimum Gasteiger partial charge on any atom is -0.308 e. The summed E-state index contributed by atoms with van der Waals surface area (Å²) in [6, 6.07) is 17.9. The predicted molar refractivity (Wildman–Crippen MR) is 113 cm³/mol. The molecule has 0 bridgehead atoms. The van der Waals surface area contributed by atoms with Gasteiger partial charge < -0.3 is 4.90 Å². The van der Waals surface area contributed by atoms with E-state index in [1.807, 2.05) is 66.4 Å². The molecule has 3 rings (SSSR count). The van der Waals surface area contributed by atoms with Crippen LogP contribution in [0.25, 0.3) is 0 Å². The average molecular weight is 401 g/mol. The summed E-state index contributed by atoms with van der Waals surface area (Å²) in [7, 11) is -3.19. The maximum Gasteiger partial charge on any atom is 0.230 e. The summed E-state index contributed by atoms with van der Waals surface area (Å²) in [6.07, 6.45) is 1.13. The van der Waals surface area contributed by atoms with Crippen LogP contribution in [0, 0.1) is 12.8 Å². The van der Waals surface area contributed by atoms with Crippen molar-refractivity contribution in [2.45, 2.75) is 33.2 Å². The largest absolute Gasteiger partial charge is 0.308 e. The molecule has 2 aromatic carbocycles. The highest BCUT2D eigenvalue weighted by molar-refractivity contribution is 7.89. The van der Waals surface area contributed by atoms with Crippen molar-refractivity contribution in [1.29, 1.82) is 0 Å². The molecule has 2 aromatic rings. The van der Waals surface area contributed by atoms with Gasteiger partial charge in [-0.05, 0) is 44.4 Å². The second kappa shape index (κ2) is 8.88. The standard InChI is InChI=1S/C22H28N2O3S/c1-3-28(26,27)23-15-13-20(14-16-23)22(25)24(17-19-7-5-4-6-8-19)21-11-9-18(2)10-12-21/h4-12,20H,3,13-17H2,1-2H3. The van der Waals surface area contributed by atoms with E-state index in [0.29, 0.717) is 32.5 Å². The molecule has 150 valence electrons. The number of nitrogens with zero attached hydrogens (tertiary/aromatic N) is 2. The molecule has 0 aliphatic carbocycles. The van der Waals surface area contributed by atoms with Gasteiger partial charge >= 0.3 is 0 Å². The van der Waals surface area contributed by atoms with Crippen molar-refractivity contribution in [2.75, 3.05) is 23.7 Å². The number of benzene rings is 2. The topological polar surface area (TPSA) is 57.7 Å². The fourth-order valence-corrected chi connectivity index (χ4v) is 4.70. The molecular formula is C22H28N2O3S. The zero-order chi connectivity index (χ0) is 20.1. The Kier molecular flexibility index (Phi) is 6.52. The number of hydrogen-bond donors (Lipinski definition) is 0. The van der Waals surface area contributed by atoms with Crippen LogP contribution in [-0.4, -0.2) is 37.5 Å². The smallest absolute Gasteiger partial charge is 0.230 e. The molecule has 0 spiro atoms. The van der Waals surface area contributed by atoms with E-state index >= 15 is 0 Å². The summed E-state index contributed by atoms with van der Waals surface area (Å²) < 4.78 is 25.7. The first-order valence-electron chi connectivity index (χ1n) is 9.80. The highest BCUT2D eigenvalue weighted by atomic mass is 32.2. The summed E-state index contributed by atoms with van der Waals surface area (Å²) in [5.74, 6) is 0.0179. The molecule has 0 radical (unpaired) electrons. The molecule has 0 saturated carbocycles. The molecule has 0 atom stereocenters. The molecule has 0 aromatic heterocycles. The Morgan fingerprint density at radius 2 is 1.64 bits per heavy atom. The van der Waals surface area contributed by atoms with E-state index in [9.17, 15) is 13.2 Å². The molecule has 28 heavy (non-hydrogen) atoms. The van der Waals surface area contributed by atoms with Crippen molar-refractivity contribution in [2.24, 2.45) is 5.92 Å². The maximum absolute atomic E-state index is 13.4. The van der Waals surface area contributed by atoms with Crippen molar-refractivity contribution in [1.82, 2.24) is 4.31 Å². The summed E-state index contributed by atoms with van der Waals surface area (Å²) in [5.41, 5.74) is 3.10. The minimum absolute atomic E-state index is 0.0706. The van der Waals surface area contributed by atoms with Gasteiger partial charge in [-0.1, -0.05) is 48.0 Å². The minimum atomic E-state index is -3.19. The highest BCUT2D eigenvalue weighted by Crippen LogP contribution is 2.26. The Morgan fingerprint density at radius 1 is 1.04 bits per heavy atom. The van der Waals surface area contributed by atoms with Gasteiger partial charge in [0.05, 0.1) is 12.3 Å². The van der Waals surface area contributed by atoms with E-state index in [2.05, 4.69) is 0 Å². The second-order valence-electron chi connectivity index (χ2n) is 7.32. The van der Waals surface area contributed by atoms with Crippen LogP contribution >= 0.6 is 0 Å². The van der Waals surface area contributed by atoms with Gasteiger partial charge in [0, 0.05) is 24.7 Å². The molecule has 1 amide bonds. The number of piperidine rings is 1. The Bertz CT molecular complexity index is 887. The van der Waals surface area contributed by atoms with Crippen LogP contribution in [0.1, 0.15) is 30.9 Å². The van der Waals surface area contributed by atoms with Gasteiger partial charge in [-0.2, -0.15) is 0 Å². The van der Waals surface area contributed by atoms with Crippen LogP contribution in [0.3, 0.4) is 0 Å². The third-order valence-electron chi connectivity index (χ3n) is 5.36. The van der Waals surface area contributed by atoms with E-state index in [4.69, 9.17) is 0 Å². The van der Waals surface area contributed by atoms with Crippen molar-refractivity contribution >= 4 is 21.6 Å². The molecule has 0 unspecified atom stereocenters. The number of aryl methyl sites for hydroxylation is 1. The fraction of sp³-hybridized carbons (Fsp3) is 0.409. The van der Waals surface area contributed by atoms with Crippen LogP contribution in [0.4, 0.5) is 5.69 Å². The molecule has 0 N–H and O–H groups in total. The van der Waals surface area contributed by atoms with Crippen LogP contribution < -0.4 is 4.90 Å². The first-order chi connectivity index (χ1) is 13.4. The molecular weight excluding hydrogens is 372 g/mol. The van der Waals surface area contributed by atoms with Crippen LogP contribution in [0.15, 0.2) is 54.6 Å². The summed E-state index contributed by atoms with van der Waals surface area (Å²) >= 11 is 0. The Labute approximate surface area is 168 Å². The lowest BCUT2D eigenvalue weighted by atomic mass is 9.96. The third-order valence-corrected chi connectivity index (χ3v) is 7.24. The zero-order valence-corrected chi connectivity index (χ0v) is 17.4. The van der Waals surface area contributed by atoms with Gasteiger partial charge in [0.2, 0.25) is 15.9 Å². The van der Waals surface area contributed by atoms with Gasteiger partial charge in [-0.25, -0.2) is 12.7 Å². The number of carbonyl (C=O) groups excluding carboxylic acids is 1. The number of anilines is 1. The van der Waals surface area contributed by atoms with Crippen LogP contribution in [-0.2, 0) is 21.4 Å². The number of sulfonamides is 1. The lowest BCUT2D eigenvalue weighted by Gasteiger charge is -2.33. The summed E-state index contributed by atoms with van der Waals surface area (Å²) in [6.45, 7) is 5.03. The average Bonchev–Trinajstić information content (AvgIpc) is 2.73. The van der Waals surface area contributed by atoms with Gasteiger partial charge in [0.1, 0.15) is 0 Å². The quantitative estimate of drug-likeness (QED) is 0.745. The zero-order valence-electron chi connectivity index (χ0n) is 16.5. The number of hydrogen-bond acceptors (Lipinski definition) is 3. The maximum atomic E-state index is 13.4. The number of carbonyl (C=O) groups is 1. The summed E-state index contributed by atoms with van der Waals surface area (Å²) in [4.78, 5) is 15.2.